The molecule has 118 valence electrons. The Morgan fingerprint density at radius 1 is 1.55 bits per heavy atom. The van der Waals surface area contributed by atoms with Crippen molar-refractivity contribution in [3.63, 3.8) is 0 Å². The second-order valence-electron chi connectivity index (χ2n) is 5.45. The van der Waals surface area contributed by atoms with Gasteiger partial charge in [-0.15, -0.1) is 22.7 Å². The molecule has 3 heterocycles. The summed E-state index contributed by atoms with van der Waals surface area (Å²) in [7, 11) is 0. The number of amides is 1. The number of anilines is 1. The molecule has 0 saturated carbocycles. The number of carbonyl (C=O) groups excluding carboxylic acids is 1. The molecule has 0 radical (unpaired) electrons. The lowest BCUT2D eigenvalue weighted by atomic mass is 10.0. The van der Waals surface area contributed by atoms with Gasteiger partial charge in [0.15, 0.2) is 5.13 Å². The molecule has 1 aliphatic heterocycles. The maximum atomic E-state index is 12.3. The standard InChI is InChI=1S/C15H20N4OS2/c1-2-4-11-8-17-15(22-11)19-13(20)12-9-21-14(18-12)10-5-3-6-16-7-10/h8-10,16H,2-7H2,1H3,(H,17,19,20). The first-order valence-corrected chi connectivity index (χ1v) is 9.38. The monoisotopic (exact) mass is 336 g/mol. The van der Waals surface area contributed by atoms with Crippen LogP contribution < -0.4 is 10.6 Å². The second kappa shape index (κ2) is 7.30. The fraction of sp³-hybridized carbons (Fsp3) is 0.533. The summed E-state index contributed by atoms with van der Waals surface area (Å²) in [4.78, 5) is 22.2. The first-order valence-electron chi connectivity index (χ1n) is 7.68. The van der Waals surface area contributed by atoms with Crippen LogP contribution in [0.2, 0.25) is 0 Å². The summed E-state index contributed by atoms with van der Waals surface area (Å²) >= 11 is 3.12. The van der Waals surface area contributed by atoms with E-state index in [0.717, 1.165) is 37.4 Å². The van der Waals surface area contributed by atoms with Gasteiger partial charge in [0.05, 0.1) is 5.01 Å². The Balaban J connectivity index is 1.63. The van der Waals surface area contributed by atoms with Gasteiger partial charge in [0.25, 0.3) is 5.91 Å². The van der Waals surface area contributed by atoms with E-state index in [1.165, 1.54) is 22.6 Å². The number of hydrogen-bond donors (Lipinski definition) is 2. The lowest BCUT2D eigenvalue weighted by Gasteiger charge is -2.20. The van der Waals surface area contributed by atoms with Gasteiger partial charge >= 0.3 is 0 Å². The van der Waals surface area contributed by atoms with Crippen molar-refractivity contribution in [2.75, 3.05) is 18.4 Å². The van der Waals surface area contributed by atoms with Crippen LogP contribution in [-0.2, 0) is 6.42 Å². The largest absolute Gasteiger partial charge is 0.316 e. The minimum atomic E-state index is -0.163. The van der Waals surface area contributed by atoms with Gasteiger partial charge in [-0.05, 0) is 25.8 Å². The number of thiazole rings is 2. The molecular weight excluding hydrogens is 316 g/mol. The van der Waals surface area contributed by atoms with Crippen molar-refractivity contribution in [1.29, 1.82) is 0 Å². The predicted molar refractivity (Wildman–Crippen MR) is 91.0 cm³/mol. The SMILES string of the molecule is CCCc1cnc(NC(=O)c2csc(C3CCCNC3)n2)s1. The maximum absolute atomic E-state index is 12.3. The van der Waals surface area contributed by atoms with Crippen molar-refractivity contribution in [3.8, 4) is 0 Å². The molecule has 1 fully saturated rings. The normalized spacial score (nSPS) is 18.3. The summed E-state index contributed by atoms with van der Waals surface area (Å²) in [6.45, 7) is 4.18. The van der Waals surface area contributed by atoms with Crippen LogP contribution in [-0.4, -0.2) is 29.0 Å². The summed E-state index contributed by atoms with van der Waals surface area (Å²) in [6.07, 6.45) is 6.24. The third-order valence-corrected chi connectivity index (χ3v) is 5.65. The topological polar surface area (TPSA) is 66.9 Å². The van der Waals surface area contributed by atoms with Crippen molar-refractivity contribution < 1.29 is 4.79 Å². The van der Waals surface area contributed by atoms with Gasteiger partial charge in [0.2, 0.25) is 0 Å². The average Bonchev–Trinajstić information content (AvgIpc) is 3.18. The highest BCUT2D eigenvalue weighted by Gasteiger charge is 2.20. The first-order chi connectivity index (χ1) is 10.8. The molecule has 0 aliphatic carbocycles. The molecule has 1 aliphatic rings. The van der Waals surface area contributed by atoms with Gasteiger partial charge in [-0.3, -0.25) is 10.1 Å². The Bertz CT molecular complexity index is 631. The molecule has 0 aromatic carbocycles. The molecule has 0 bridgehead atoms. The number of carbonyl (C=O) groups is 1. The smallest absolute Gasteiger partial charge is 0.276 e. The number of hydrogen-bond acceptors (Lipinski definition) is 6. The minimum absolute atomic E-state index is 0.163. The summed E-state index contributed by atoms with van der Waals surface area (Å²) in [5.74, 6) is 0.278. The Labute approximate surface area is 138 Å². The van der Waals surface area contributed by atoms with Crippen LogP contribution in [0.25, 0.3) is 0 Å². The van der Waals surface area contributed by atoms with Crippen molar-refractivity contribution >= 4 is 33.7 Å². The fourth-order valence-electron chi connectivity index (χ4n) is 2.53. The molecule has 7 heteroatoms. The van der Waals surface area contributed by atoms with Crippen LogP contribution in [0.4, 0.5) is 5.13 Å². The lowest BCUT2D eigenvalue weighted by Crippen LogP contribution is -2.28. The highest BCUT2D eigenvalue weighted by molar-refractivity contribution is 7.15. The van der Waals surface area contributed by atoms with E-state index in [2.05, 4.69) is 27.5 Å². The molecule has 1 amide bonds. The maximum Gasteiger partial charge on any atom is 0.276 e. The van der Waals surface area contributed by atoms with Gasteiger partial charge in [0.1, 0.15) is 5.69 Å². The van der Waals surface area contributed by atoms with E-state index >= 15 is 0 Å². The molecule has 1 saturated heterocycles. The summed E-state index contributed by atoms with van der Waals surface area (Å²) in [5.41, 5.74) is 0.498. The van der Waals surface area contributed by atoms with E-state index in [0.29, 0.717) is 16.7 Å². The molecule has 5 nitrogen and oxygen atoms in total. The molecule has 2 aromatic heterocycles. The Morgan fingerprint density at radius 3 is 3.23 bits per heavy atom. The third kappa shape index (κ3) is 3.71. The second-order valence-corrected chi connectivity index (χ2v) is 7.45. The zero-order valence-electron chi connectivity index (χ0n) is 12.6. The van der Waals surface area contributed by atoms with E-state index in [4.69, 9.17) is 0 Å². The molecule has 0 spiro atoms. The zero-order chi connectivity index (χ0) is 15.4. The summed E-state index contributed by atoms with van der Waals surface area (Å²) < 4.78 is 0. The number of piperidine rings is 1. The van der Waals surface area contributed by atoms with Gasteiger partial charge in [0, 0.05) is 28.9 Å². The third-order valence-electron chi connectivity index (χ3n) is 3.67. The quantitative estimate of drug-likeness (QED) is 0.879. The van der Waals surface area contributed by atoms with Crippen molar-refractivity contribution in [2.45, 2.75) is 38.5 Å². The molecule has 2 N–H and O–H groups in total. The van der Waals surface area contributed by atoms with E-state index in [1.807, 2.05) is 11.6 Å². The van der Waals surface area contributed by atoms with Crippen molar-refractivity contribution in [2.24, 2.45) is 0 Å². The van der Waals surface area contributed by atoms with Crippen LogP contribution in [0.1, 0.15) is 52.5 Å². The van der Waals surface area contributed by atoms with Crippen molar-refractivity contribution in [3.05, 3.63) is 27.2 Å². The van der Waals surface area contributed by atoms with E-state index < -0.39 is 0 Å². The highest BCUT2D eigenvalue weighted by atomic mass is 32.1. The predicted octanol–water partition coefficient (Wildman–Crippen LogP) is 3.27. The minimum Gasteiger partial charge on any atom is -0.316 e. The van der Waals surface area contributed by atoms with Gasteiger partial charge in [-0.2, -0.15) is 0 Å². The van der Waals surface area contributed by atoms with Crippen LogP contribution in [0, 0.1) is 0 Å². The van der Waals surface area contributed by atoms with Crippen LogP contribution >= 0.6 is 22.7 Å². The van der Waals surface area contributed by atoms with Gasteiger partial charge in [-0.1, -0.05) is 13.3 Å². The fourth-order valence-corrected chi connectivity index (χ4v) is 4.38. The lowest BCUT2D eigenvalue weighted by molar-refractivity contribution is 0.102. The van der Waals surface area contributed by atoms with Gasteiger partial charge in [-0.25, -0.2) is 9.97 Å². The average molecular weight is 336 g/mol. The van der Waals surface area contributed by atoms with Crippen LogP contribution in [0.5, 0.6) is 0 Å². The number of aryl methyl sites for hydroxylation is 1. The Hall–Kier alpha value is -1.31. The van der Waals surface area contributed by atoms with Crippen LogP contribution in [0.15, 0.2) is 11.6 Å². The first kappa shape index (κ1) is 15.6. The summed E-state index contributed by atoms with van der Waals surface area (Å²) in [6, 6.07) is 0. The number of aromatic nitrogens is 2. The highest BCUT2D eigenvalue weighted by Crippen LogP contribution is 2.27. The number of nitrogens with zero attached hydrogens (tertiary/aromatic N) is 2. The molecule has 3 rings (SSSR count). The molecular formula is C15H20N4OS2. The zero-order valence-corrected chi connectivity index (χ0v) is 14.2. The van der Waals surface area contributed by atoms with E-state index in [-0.39, 0.29) is 5.91 Å². The Kier molecular flexibility index (Phi) is 5.17. The Morgan fingerprint density at radius 2 is 2.45 bits per heavy atom. The van der Waals surface area contributed by atoms with E-state index in [9.17, 15) is 4.79 Å². The van der Waals surface area contributed by atoms with Gasteiger partial charge < -0.3 is 5.32 Å². The molecule has 22 heavy (non-hydrogen) atoms. The number of nitrogens with one attached hydrogen (secondary N) is 2. The summed E-state index contributed by atoms with van der Waals surface area (Å²) in [5, 5.41) is 9.79. The number of rotatable bonds is 5. The molecule has 1 atom stereocenters. The van der Waals surface area contributed by atoms with Crippen LogP contribution in [0.3, 0.4) is 0 Å². The molecule has 2 aromatic rings. The molecule has 1 unspecified atom stereocenters. The van der Waals surface area contributed by atoms with Crippen molar-refractivity contribution in [1.82, 2.24) is 15.3 Å². The van der Waals surface area contributed by atoms with E-state index in [1.54, 1.807) is 11.3 Å².